The molecule has 0 aliphatic rings. The van der Waals surface area contributed by atoms with E-state index >= 15 is 0 Å². The van der Waals surface area contributed by atoms with Gasteiger partial charge in [0, 0.05) is 24.8 Å². The molecular weight excluding hydrogens is 258 g/mol. The molecule has 0 saturated heterocycles. The summed E-state index contributed by atoms with van der Waals surface area (Å²) in [5, 5.41) is 6.67. The van der Waals surface area contributed by atoms with E-state index in [0.717, 1.165) is 4.68 Å². The minimum absolute atomic E-state index is 0.157. The molecule has 3 N–H and O–H groups in total. The van der Waals surface area contributed by atoms with Crippen molar-refractivity contribution in [2.45, 2.75) is 20.4 Å². The van der Waals surface area contributed by atoms with E-state index < -0.39 is 0 Å². The number of nitrogens with one attached hydrogen (secondary N) is 1. The maximum Gasteiger partial charge on any atom is 0.280 e. The normalized spacial score (nSPS) is 10.3. The summed E-state index contributed by atoms with van der Waals surface area (Å²) in [7, 11) is 0. The van der Waals surface area contributed by atoms with Crippen LogP contribution in [0.25, 0.3) is 0 Å². The van der Waals surface area contributed by atoms with Gasteiger partial charge < -0.3 is 11.1 Å². The molecule has 1 amide bonds. The number of nitrogens with two attached hydrogens (primary N) is 1. The second-order valence-corrected chi connectivity index (χ2v) is 4.37. The second kappa shape index (κ2) is 5.52. The van der Waals surface area contributed by atoms with Gasteiger partial charge >= 0.3 is 0 Å². The third kappa shape index (κ3) is 3.00. The van der Waals surface area contributed by atoms with E-state index in [2.05, 4.69) is 15.4 Å². The van der Waals surface area contributed by atoms with Gasteiger partial charge in [0.1, 0.15) is 5.82 Å². The summed E-state index contributed by atoms with van der Waals surface area (Å²) >= 11 is 0. The first-order valence-corrected chi connectivity index (χ1v) is 6.03. The Hall–Kier alpha value is -2.70. The van der Waals surface area contributed by atoms with Crippen LogP contribution in [0.5, 0.6) is 0 Å². The van der Waals surface area contributed by atoms with Crippen molar-refractivity contribution < 1.29 is 9.59 Å². The third-order valence-electron chi connectivity index (χ3n) is 2.63. The van der Waals surface area contributed by atoms with Crippen molar-refractivity contribution >= 4 is 17.6 Å². The molecule has 2 aromatic rings. The van der Waals surface area contributed by atoms with Gasteiger partial charge in [0.2, 0.25) is 5.91 Å². The third-order valence-corrected chi connectivity index (χ3v) is 2.63. The fourth-order valence-electron chi connectivity index (χ4n) is 1.73. The maximum atomic E-state index is 12.3. The van der Waals surface area contributed by atoms with Crippen LogP contribution in [0.1, 0.15) is 28.7 Å². The van der Waals surface area contributed by atoms with Crippen molar-refractivity contribution in [3.63, 3.8) is 0 Å². The number of nitrogens with zero attached hydrogens (tertiary/aromatic N) is 3. The first kappa shape index (κ1) is 13.7. The highest BCUT2D eigenvalue weighted by molar-refractivity contribution is 5.97. The molecule has 0 aliphatic heterocycles. The molecule has 0 aromatic carbocycles. The second-order valence-electron chi connectivity index (χ2n) is 4.37. The number of rotatable bonds is 3. The molecule has 0 radical (unpaired) electrons. The zero-order valence-corrected chi connectivity index (χ0v) is 11.3. The number of aromatic nitrogens is 3. The molecule has 2 heterocycles. The van der Waals surface area contributed by atoms with Crippen LogP contribution in [-0.4, -0.2) is 26.6 Å². The van der Waals surface area contributed by atoms with Gasteiger partial charge in [-0.2, -0.15) is 9.78 Å². The summed E-state index contributed by atoms with van der Waals surface area (Å²) in [4.78, 5) is 27.2. The molecule has 0 fully saturated rings. The number of carbonyl (C=O) groups is 2. The van der Waals surface area contributed by atoms with E-state index in [-0.39, 0.29) is 24.2 Å². The van der Waals surface area contributed by atoms with Crippen LogP contribution in [0.15, 0.2) is 24.4 Å². The highest BCUT2D eigenvalue weighted by Gasteiger charge is 2.14. The van der Waals surface area contributed by atoms with Crippen LogP contribution < -0.4 is 11.1 Å². The van der Waals surface area contributed by atoms with Crippen LogP contribution >= 0.6 is 0 Å². The van der Waals surface area contributed by atoms with Crippen molar-refractivity contribution in [2.24, 2.45) is 0 Å². The first-order chi connectivity index (χ1) is 9.47. The molecule has 7 heteroatoms. The molecule has 0 unspecified atom stereocenters. The molecule has 2 aromatic heterocycles. The summed E-state index contributed by atoms with van der Waals surface area (Å²) in [6, 6.07) is 4.81. The predicted octanol–water partition coefficient (Wildman–Crippen LogP) is 0.493. The Kier molecular flexibility index (Phi) is 3.79. The van der Waals surface area contributed by atoms with Crippen molar-refractivity contribution in [1.82, 2.24) is 20.1 Å². The summed E-state index contributed by atoms with van der Waals surface area (Å²) < 4.78 is 1.15. The van der Waals surface area contributed by atoms with Crippen LogP contribution in [0, 0.1) is 6.92 Å². The molecule has 0 spiro atoms. The minimum atomic E-state index is -0.331. The predicted molar refractivity (Wildman–Crippen MR) is 72.9 cm³/mol. The maximum absolute atomic E-state index is 12.3. The number of hydrogen-bond donors (Lipinski definition) is 2. The highest BCUT2D eigenvalue weighted by Crippen LogP contribution is 2.10. The van der Waals surface area contributed by atoms with Crippen LogP contribution in [0.4, 0.5) is 5.82 Å². The fraction of sp³-hybridized carbons (Fsp3) is 0.231. The van der Waals surface area contributed by atoms with E-state index in [4.69, 9.17) is 5.73 Å². The number of anilines is 1. The number of amides is 1. The van der Waals surface area contributed by atoms with E-state index in [1.165, 1.54) is 13.1 Å². The molecule has 104 valence electrons. The lowest BCUT2D eigenvalue weighted by molar-refractivity contribution is -0.119. The van der Waals surface area contributed by atoms with Crippen LogP contribution in [-0.2, 0) is 11.3 Å². The highest BCUT2D eigenvalue weighted by atomic mass is 16.2. The zero-order valence-electron chi connectivity index (χ0n) is 11.3. The van der Waals surface area contributed by atoms with Crippen LogP contribution in [0.2, 0.25) is 0 Å². The average Bonchev–Trinajstić information content (AvgIpc) is 2.75. The average molecular weight is 273 g/mol. The van der Waals surface area contributed by atoms with Gasteiger partial charge in [-0.25, -0.2) is 0 Å². The lowest BCUT2D eigenvalue weighted by atomic mass is 10.2. The van der Waals surface area contributed by atoms with Crippen molar-refractivity contribution in [2.75, 3.05) is 5.73 Å². The van der Waals surface area contributed by atoms with Crippen LogP contribution in [0.3, 0.4) is 0 Å². The number of hydrogen-bond acceptors (Lipinski definition) is 5. The molecule has 20 heavy (non-hydrogen) atoms. The molecule has 2 rings (SSSR count). The van der Waals surface area contributed by atoms with Gasteiger partial charge in [0.05, 0.1) is 17.9 Å². The van der Waals surface area contributed by atoms with Gasteiger partial charge in [-0.15, -0.1) is 0 Å². The first-order valence-electron chi connectivity index (χ1n) is 6.03. The molecule has 0 atom stereocenters. The van der Waals surface area contributed by atoms with E-state index in [9.17, 15) is 9.59 Å². The number of aryl methyl sites for hydroxylation is 1. The summed E-state index contributed by atoms with van der Waals surface area (Å²) in [5.74, 6) is -0.203. The molecule has 0 bridgehead atoms. The van der Waals surface area contributed by atoms with Crippen molar-refractivity contribution in [3.05, 3.63) is 41.3 Å². The Bertz CT molecular complexity index is 663. The SMILES string of the molecule is CC(=O)NCc1cc(C(=O)n2nc(C)cc2N)ccn1. The smallest absolute Gasteiger partial charge is 0.280 e. The van der Waals surface area contributed by atoms with Gasteiger partial charge in [-0.05, 0) is 19.1 Å². The molecule has 0 saturated carbocycles. The lowest BCUT2D eigenvalue weighted by Crippen LogP contribution is -2.21. The Morgan fingerprint density at radius 1 is 1.40 bits per heavy atom. The summed E-state index contributed by atoms with van der Waals surface area (Å²) in [5.41, 5.74) is 7.40. The van der Waals surface area contributed by atoms with Gasteiger partial charge in [0.15, 0.2) is 0 Å². The topological polar surface area (TPSA) is 103 Å². The lowest BCUT2D eigenvalue weighted by Gasteiger charge is -2.05. The van der Waals surface area contributed by atoms with E-state index in [1.54, 1.807) is 25.1 Å². The number of carbonyl (C=O) groups excluding carboxylic acids is 2. The quantitative estimate of drug-likeness (QED) is 0.847. The van der Waals surface area contributed by atoms with Gasteiger partial charge in [-0.1, -0.05) is 0 Å². The molecule has 0 aliphatic carbocycles. The van der Waals surface area contributed by atoms with E-state index in [0.29, 0.717) is 17.0 Å². The minimum Gasteiger partial charge on any atom is -0.383 e. The van der Waals surface area contributed by atoms with Gasteiger partial charge in [-0.3, -0.25) is 14.6 Å². The van der Waals surface area contributed by atoms with E-state index in [1.807, 2.05) is 0 Å². The van der Waals surface area contributed by atoms with Crippen molar-refractivity contribution in [3.8, 4) is 0 Å². The Morgan fingerprint density at radius 2 is 2.15 bits per heavy atom. The Morgan fingerprint density at radius 3 is 2.75 bits per heavy atom. The fourth-order valence-corrected chi connectivity index (χ4v) is 1.73. The Balaban J connectivity index is 2.24. The molecular formula is C13H15N5O2. The standard InChI is InChI=1S/C13H15N5O2/c1-8-5-12(14)18(17-8)13(20)10-3-4-15-11(6-10)7-16-9(2)19/h3-6H,7,14H2,1-2H3,(H,16,19). The van der Waals surface area contributed by atoms with Crippen molar-refractivity contribution in [1.29, 1.82) is 0 Å². The Labute approximate surface area is 115 Å². The number of pyridine rings is 1. The monoisotopic (exact) mass is 273 g/mol. The zero-order chi connectivity index (χ0) is 14.7. The summed E-state index contributed by atoms with van der Waals surface area (Å²) in [6.07, 6.45) is 1.51. The largest absolute Gasteiger partial charge is 0.383 e. The summed E-state index contributed by atoms with van der Waals surface area (Å²) in [6.45, 7) is 3.45. The van der Waals surface area contributed by atoms with Gasteiger partial charge in [0.25, 0.3) is 5.91 Å². The number of nitrogen functional groups attached to an aromatic ring is 1. The molecule has 7 nitrogen and oxygen atoms in total.